The summed E-state index contributed by atoms with van der Waals surface area (Å²) < 4.78 is 40.4. The lowest BCUT2D eigenvalue weighted by Gasteiger charge is -2.19. The summed E-state index contributed by atoms with van der Waals surface area (Å²) >= 11 is 0. The van der Waals surface area contributed by atoms with Crippen molar-refractivity contribution in [2.75, 3.05) is 26.2 Å². The van der Waals surface area contributed by atoms with Crippen molar-refractivity contribution < 1.29 is 22.7 Å². The van der Waals surface area contributed by atoms with Gasteiger partial charge in [0.25, 0.3) is 0 Å². The van der Waals surface area contributed by atoms with Gasteiger partial charge in [-0.15, -0.1) is 0 Å². The van der Waals surface area contributed by atoms with E-state index < -0.39 is 18.6 Å². The van der Waals surface area contributed by atoms with Gasteiger partial charge in [0.15, 0.2) is 0 Å². The molecule has 96 valence electrons. The summed E-state index contributed by atoms with van der Waals surface area (Å²) in [7, 11) is 0. The Balaban J connectivity index is 3.79. The van der Waals surface area contributed by atoms with Crippen LogP contribution in [0.4, 0.5) is 13.2 Å². The fourth-order valence-electron chi connectivity index (χ4n) is 1.24. The highest BCUT2D eigenvalue weighted by molar-refractivity contribution is 5.71. The largest absolute Gasteiger partial charge is 0.465 e. The molecule has 0 aliphatic rings. The van der Waals surface area contributed by atoms with Gasteiger partial charge >= 0.3 is 12.1 Å². The highest BCUT2D eigenvalue weighted by atomic mass is 19.4. The van der Waals surface area contributed by atoms with E-state index in [9.17, 15) is 18.0 Å². The predicted molar refractivity (Wildman–Crippen MR) is 54.0 cm³/mol. The number of carbonyl (C=O) groups excluding carboxylic acids is 1. The number of esters is 1. The minimum Gasteiger partial charge on any atom is -0.465 e. The fourth-order valence-corrected chi connectivity index (χ4v) is 1.24. The van der Waals surface area contributed by atoms with Gasteiger partial charge in [-0.1, -0.05) is 6.92 Å². The Labute approximate surface area is 93.6 Å². The molecule has 0 saturated heterocycles. The number of rotatable bonds is 7. The molecule has 0 rings (SSSR count). The van der Waals surface area contributed by atoms with Crippen LogP contribution in [0.3, 0.4) is 0 Å². The topological polar surface area (TPSA) is 29.5 Å². The Morgan fingerprint density at radius 1 is 1.31 bits per heavy atom. The summed E-state index contributed by atoms with van der Waals surface area (Å²) in [4.78, 5) is 12.7. The first kappa shape index (κ1) is 15.2. The van der Waals surface area contributed by atoms with Crippen LogP contribution in [0.15, 0.2) is 0 Å². The molecule has 0 N–H and O–H groups in total. The highest BCUT2D eigenvalue weighted by Crippen LogP contribution is 2.21. The molecular weight excluding hydrogens is 223 g/mol. The minimum atomic E-state index is -4.12. The van der Waals surface area contributed by atoms with Crippen LogP contribution in [0.25, 0.3) is 0 Å². The third-order valence-electron chi connectivity index (χ3n) is 2.04. The van der Waals surface area contributed by atoms with Gasteiger partial charge in [0.1, 0.15) is 0 Å². The van der Waals surface area contributed by atoms with Crippen LogP contribution in [0.2, 0.25) is 0 Å². The molecule has 0 saturated carbocycles. The van der Waals surface area contributed by atoms with E-state index in [2.05, 4.69) is 0 Å². The second-order valence-corrected chi connectivity index (χ2v) is 3.39. The number of hydrogen-bond donors (Lipinski definition) is 0. The lowest BCUT2D eigenvalue weighted by molar-refractivity contribution is -0.144. The molecule has 0 aromatic heterocycles. The van der Waals surface area contributed by atoms with Crippen molar-refractivity contribution in [1.29, 1.82) is 0 Å². The van der Waals surface area contributed by atoms with E-state index in [0.29, 0.717) is 13.2 Å². The monoisotopic (exact) mass is 241 g/mol. The lowest BCUT2D eigenvalue weighted by Crippen LogP contribution is -2.32. The average molecular weight is 241 g/mol. The molecule has 0 fully saturated rings. The molecule has 0 radical (unpaired) electrons. The maximum atomic E-state index is 11.9. The van der Waals surface area contributed by atoms with Gasteiger partial charge in [0.2, 0.25) is 0 Å². The lowest BCUT2D eigenvalue weighted by atomic mass is 10.3. The molecule has 0 heterocycles. The van der Waals surface area contributed by atoms with Gasteiger partial charge < -0.3 is 4.74 Å². The molecular formula is C10H18F3NO2. The van der Waals surface area contributed by atoms with E-state index in [1.54, 1.807) is 18.7 Å². The Bertz CT molecular complexity index is 207. The van der Waals surface area contributed by atoms with Gasteiger partial charge in [0, 0.05) is 6.42 Å². The molecule has 0 spiro atoms. The molecule has 6 heteroatoms. The predicted octanol–water partition coefficient (Wildman–Crippen LogP) is 2.21. The Hall–Kier alpha value is -0.780. The average Bonchev–Trinajstić information content (AvgIpc) is 2.14. The van der Waals surface area contributed by atoms with Crippen molar-refractivity contribution >= 4 is 5.97 Å². The van der Waals surface area contributed by atoms with E-state index in [1.165, 1.54) is 0 Å². The van der Waals surface area contributed by atoms with Crippen LogP contribution in [-0.4, -0.2) is 43.3 Å². The number of likely N-dealkylation sites (N-methyl/N-ethyl adjacent to an activating group) is 1. The van der Waals surface area contributed by atoms with Gasteiger partial charge in [-0.25, -0.2) is 0 Å². The number of carbonyl (C=O) groups is 1. The highest BCUT2D eigenvalue weighted by Gasteiger charge is 2.26. The van der Waals surface area contributed by atoms with E-state index >= 15 is 0 Å². The molecule has 0 aliphatic carbocycles. The van der Waals surface area contributed by atoms with Crippen LogP contribution in [0.1, 0.15) is 26.7 Å². The van der Waals surface area contributed by atoms with Crippen LogP contribution in [0, 0.1) is 0 Å². The Morgan fingerprint density at radius 2 is 1.94 bits per heavy atom. The fraction of sp³-hybridized carbons (Fsp3) is 0.900. The summed E-state index contributed by atoms with van der Waals surface area (Å²) in [5.41, 5.74) is 0. The summed E-state index contributed by atoms with van der Waals surface area (Å²) in [6.07, 6.45) is -4.92. The Morgan fingerprint density at radius 3 is 2.38 bits per heavy atom. The van der Waals surface area contributed by atoms with Gasteiger partial charge in [-0.05, 0) is 26.4 Å². The first-order chi connectivity index (χ1) is 7.39. The summed E-state index contributed by atoms with van der Waals surface area (Å²) in [5.74, 6) is -0.392. The van der Waals surface area contributed by atoms with Crippen molar-refractivity contribution in [3.05, 3.63) is 0 Å². The van der Waals surface area contributed by atoms with Gasteiger partial charge in [-0.2, -0.15) is 13.2 Å². The molecule has 0 atom stereocenters. The van der Waals surface area contributed by atoms with Crippen LogP contribution < -0.4 is 0 Å². The normalized spacial score (nSPS) is 11.9. The van der Waals surface area contributed by atoms with Crippen molar-refractivity contribution in [1.82, 2.24) is 4.90 Å². The van der Waals surface area contributed by atoms with Crippen molar-refractivity contribution in [3.8, 4) is 0 Å². The standard InChI is InChI=1S/C10H18F3NO2/c1-3-14(8-9(15)16-4-2)7-5-6-10(11,12)13/h3-8H2,1-2H3. The van der Waals surface area contributed by atoms with Crippen LogP contribution >= 0.6 is 0 Å². The summed E-state index contributed by atoms with van der Waals surface area (Å²) in [6.45, 7) is 4.64. The van der Waals surface area contributed by atoms with Crippen molar-refractivity contribution in [3.63, 3.8) is 0 Å². The van der Waals surface area contributed by atoms with Crippen LogP contribution in [0.5, 0.6) is 0 Å². The SMILES string of the molecule is CCOC(=O)CN(CC)CCCC(F)(F)F. The third-order valence-corrected chi connectivity index (χ3v) is 2.04. The molecule has 0 aromatic carbocycles. The smallest absolute Gasteiger partial charge is 0.389 e. The van der Waals surface area contributed by atoms with Crippen molar-refractivity contribution in [2.24, 2.45) is 0 Å². The van der Waals surface area contributed by atoms with Crippen LogP contribution in [-0.2, 0) is 9.53 Å². The second kappa shape index (κ2) is 7.49. The van der Waals surface area contributed by atoms with Gasteiger partial charge in [0.05, 0.1) is 13.2 Å². The first-order valence-electron chi connectivity index (χ1n) is 5.33. The van der Waals surface area contributed by atoms with E-state index in [1.807, 2.05) is 0 Å². The van der Waals surface area contributed by atoms with Gasteiger partial charge in [-0.3, -0.25) is 9.69 Å². The zero-order chi connectivity index (χ0) is 12.6. The minimum absolute atomic E-state index is 0.0107. The molecule has 3 nitrogen and oxygen atoms in total. The maximum absolute atomic E-state index is 11.9. The molecule has 16 heavy (non-hydrogen) atoms. The zero-order valence-electron chi connectivity index (χ0n) is 9.64. The third kappa shape index (κ3) is 8.52. The summed E-state index contributed by atoms with van der Waals surface area (Å²) in [5, 5.41) is 0. The molecule has 0 aliphatic heterocycles. The second-order valence-electron chi connectivity index (χ2n) is 3.39. The number of halogens is 3. The molecule has 0 aromatic rings. The Kier molecular flexibility index (Phi) is 7.12. The maximum Gasteiger partial charge on any atom is 0.389 e. The number of alkyl halides is 3. The van der Waals surface area contributed by atoms with E-state index in [0.717, 1.165) is 0 Å². The quantitative estimate of drug-likeness (QED) is 0.640. The van der Waals surface area contributed by atoms with Crippen molar-refractivity contribution in [2.45, 2.75) is 32.9 Å². The number of ether oxygens (including phenoxy) is 1. The molecule has 0 bridgehead atoms. The first-order valence-corrected chi connectivity index (χ1v) is 5.33. The number of hydrogen-bond acceptors (Lipinski definition) is 3. The molecule has 0 amide bonds. The zero-order valence-corrected chi connectivity index (χ0v) is 9.64. The molecule has 0 unspecified atom stereocenters. The van der Waals surface area contributed by atoms with E-state index in [4.69, 9.17) is 4.74 Å². The van der Waals surface area contributed by atoms with E-state index in [-0.39, 0.29) is 19.5 Å². The number of nitrogens with zero attached hydrogens (tertiary/aromatic N) is 1. The summed E-state index contributed by atoms with van der Waals surface area (Å²) in [6, 6.07) is 0.